The second kappa shape index (κ2) is 6.87. The van der Waals surface area contributed by atoms with Crippen LogP contribution in [0, 0.1) is 17.8 Å². The molecular weight excluding hydrogens is 404 g/mol. The van der Waals surface area contributed by atoms with Crippen LogP contribution in [0.25, 0.3) is 21.9 Å². The summed E-state index contributed by atoms with van der Waals surface area (Å²) < 4.78 is 0. The molecule has 3 aromatic rings. The number of hydrogen-bond acceptors (Lipinski definition) is 5. The van der Waals surface area contributed by atoms with Gasteiger partial charge in [0.1, 0.15) is 17.2 Å². The molecule has 4 fully saturated rings. The average Bonchev–Trinajstić information content (AvgIpc) is 2.73. The lowest BCUT2D eigenvalue weighted by atomic mass is 9.48. The van der Waals surface area contributed by atoms with Gasteiger partial charge in [-0.2, -0.15) is 0 Å². The maximum atomic E-state index is 10.9. The zero-order chi connectivity index (χ0) is 22.2. The lowest BCUT2D eigenvalue weighted by Gasteiger charge is -2.57. The maximum absolute atomic E-state index is 10.9. The van der Waals surface area contributed by atoms with Crippen molar-refractivity contribution in [3.63, 3.8) is 0 Å². The molecule has 0 unspecified atom stereocenters. The lowest BCUT2D eigenvalue weighted by molar-refractivity contribution is -0.0425. The molecule has 4 aliphatic rings. The van der Waals surface area contributed by atoms with Gasteiger partial charge in [0.15, 0.2) is 6.29 Å². The van der Waals surface area contributed by atoms with Gasteiger partial charge in [0.05, 0.1) is 0 Å². The summed E-state index contributed by atoms with van der Waals surface area (Å²) in [5.74, 6) is 2.49. The number of hydrogen-bond donors (Lipinski definition) is 5. The summed E-state index contributed by atoms with van der Waals surface area (Å²) >= 11 is 0. The van der Waals surface area contributed by atoms with Gasteiger partial charge in [0.25, 0.3) is 0 Å². The molecule has 5 heteroatoms. The van der Waals surface area contributed by atoms with Gasteiger partial charge < -0.3 is 25.5 Å². The fourth-order valence-electron chi connectivity index (χ4n) is 7.34. The number of phenolic OH excluding ortho intramolecular Hbond substituents is 3. The fourth-order valence-corrected chi connectivity index (χ4v) is 7.34. The normalized spacial score (nSPS) is 28.7. The highest BCUT2D eigenvalue weighted by Crippen LogP contribution is 2.62. The van der Waals surface area contributed by atoms with Crippen LogP contribution in [0.15, 0.2) is 42.5 Å². The first-order valence-corrected chi connectivity index (χ1v) is 11.5. The minimum Gasteiger partial charge on any atom is -0.508 e. The summed E-state index contributed by atoms with van der Waals surface area (Å²) in [5, 5.41) is 51.7. The molecule has 4 bridgehead atoms. The highest BCUT2D eigenvalue weighted by atomic mass is 16.5. The number of phenols is 3. The van der Waals surface area contributed by atoms with E-state index in [9.17, 15) is 25.5 Å². The number of rotatable bonds is 3. The van der Waals surface area contributed by atoms with Gasteiger partial charge in [-0.15, -0.1) is 0 Å². The van der Waals surface area contributed by atoms with Gasteiger partial charge in [-0.05, 0) is 109 Å². The summed E-state index contributed by atoms with van der Waals surface area (Å²) in [6.45, 7) is 0. The summed E-state index contributed by atoms with van der Waals surface area (Å²) in [4.78, 5) is 0. The van der Waals surface area contributed by atoms with Gasteiger partial charge in [-0.1, -0.05) is 6.07 Å². The number of aliphatic hydroxyl groups excluding tert-OH is 1. The van der Waals surface area contributed by atoms with Crippen LogP contribution >= 0.6 is 0 Å². The monoisotopic (exact) mass is 432 g/mol. The van der Waals surface area contributed by atoms with Crippen LogP contribution in [0.2, 0.25) is 0 Å². The Morgan fingerprint density at radius 2 is 1.25 bits per heavy atom. The van der Waals surface area contributed by atoms with E-state index < -0.39 is 6.29 Å². The Labute approximate surface area is 186 Å². The van der Waals surface area contributed by atoms with Crippen LogP contribution in [0.4, 0.5) is 0 Å². The van der Waals surface area contributed by atoms with Crippen molar-refractivity contribution in [3.8, 4) is 28.4 Å². The van der Waals surface area contributed by atoms with E-state index in [4.69, 9.17) is 0 Å². The molecule has 0 heterocycles. The van der Waals surface area contributed by atoms with Gasteiger partial charge in [-0.3, -0.25) is 0 Å². The zero-order valence-corrected chi connectivity index (χ0v) is 17.8. The summed E-state index contributed by atoms with van der Waals surface area (Å²) in [6.07, 6.45) is 5.71. The predicted octanol–water partition coefficient (Wildman–Crippen LogP) is 5.07. The van der Waals surface area contributed by atoms with Crippen LogP contribution in [0.1, 0.15) is 55.9 Å². The van der Waals surface area contributed by atoms with Gasteiger partial charge >= 0.3 is 0 Å². The van der Waals surface area contributed by atoms with Crippen LogP contribution in [-0.4, -0.2) is 25.5 Å². The van der Waals surface area contributed by atoms with Crippen molar-refractivity contribution in [1.82, 2.24) is 0 Å². The third-order valence-electron chi connectivity index (χ3n) is 8.29. The van der Waals surface area contributed by atoms with Crippen molar-refractivity contribution in [2.24, 2.45) is 17.8 Å². The van der Waals surface area contributed by atoms with Crippen LogP contribution < -0.4 is 0 Å². The van der Waals surface area contributed by atoms with E-state index in [1.54, 1.807) is 18.2 Å². The Kier molecular flexibility index (Phi) is 4.27. The molecule has 5 N–H and O–H groups in total. The zero-order valence-electron chi connectivity index (χ0n) is 17.8. The Bertz CT molecular complexity index is 1190. The molecule has 0 radical (unpaired) electrons. The van der Waals surface area contributed by atoms with Crippen molar-refractivity contribution >= 4 is 10.8 Å². The average molecular weight is 433 g/mol. The van der Waals surface area contributed by atoms with E-state index >= 15 is 0 Å². The van der Waals surface area contributed by atoms with Gasteiger partial charge in [0, 0.05) is 21.9 Å². The second-order valence-corrected chi connectivity index (χ2v) is 10.4. The Morgan fingerprint density at radius 1 is 0.656 bits per heavy atom. The van der Waals surface area contributed by atoms with E-state index in [-0.39, 0.29) is 22.5 Å². The highest BCUT2D eigenvalue weighted by Gasteiger charge is 2.52. The molecule has 0 saturated heterocycles. The van der Waals surface area contributed by atoms with E-state index in [2.05, 4.69) is 6.07 Å². The Balaban J connectivity index is 1.46. The molecule has 5 nitrogen and oxygen atoms in total. The standard InChI is InChI=1S/C27H28O5/c28-23-2-1-17(8-22(23)27-11-14-3-15(12-27)5-16(4-14)13-27)18-6-20-21(24(29)9-18)7-19(26(31)32)10-25(20)30/h1-2,6-10,14-16,26,28-32H,3-5,11-13H2. The molecule has 3 aromatic carbocycles. The van der Waals surface area contributed by atoms with Crippen molar-refractivity contribution < 1.29 is 25.5 Å². The highest BCUT2D eigenvalue weighted by molar-refractivity contribution is 5.97. The summed E-state index contributed by atoms with van der Waals surface area (Å²) in [5.41, 5.74) is 2.82. The molecule has 0 amide bonds. The van der Waals surface area contributed by atoms with E-state index in [1.807, 2.05) is 6.07 Å². The first-order valence-electron chi connectivity index (χ1n) is 11.5. The minimum atomic E-state index is -1.73. The summed E-state index contributed by atoms with van der Waals surface area (Å²) in [7, 11) is 0. The van der Waals surface area contributed by atoms with Crippen LogP contribution in [0.3, 0.4) is 0 Å². The molecule has 32 heavy (non-hydrogen) atoms. The largest absolute Gasteiger partial charge is 0.508 e. The van der Waals surface area contributed by atoms with Crippen molar-refractivity contribution in [2.45, 2.75) is 50.2 Å². The molecule has 0 aliphatic heterocycles. The van der Waals surface area contributed by atoms with Gasteiger partial charge in [-0.25, -0.2) is 0 Å². The first-order chi connectivity index (χ1) is 15.3. The molecule has 4 aliphatic carbocycles. The Hall–Kier alpha value is -2.76. The van der Waals surface area contributed by atoms with E-state index in [1.165, 1.54) is 31.4 Å². The molecule has 7 rings (SSSR count). The Morgan fingerprint density at radius 3 is 1.88 bits per heavy atom. The van der Waals surface area contributed by atoms with Crippen molar-refractivity contribution in [3.05, 3.63) is 53.6 Å². The van der Waals surface area contributed by atoms with Gasteiger partial charge in [0.2, 0.25) is 0 Å². The maximum Gasteiger partial charge on any atom is 0.178 e. The quantitative estimate of drug-likeness (QED) is 0.372. The molecule has 166 valence electrons. The SMILES string of the molecule is Oc1ccc(-c2cc(O)c3cc(C(O)O)cc(O)c3c2)cc1C12CC3CC(CC(C3)C1)C2. The number of aliphatic hydroxyl groups is 2. The number of benzene rings is 3. The molecule has 0 atom stereocenters. The first kappa shape index (κ1) is 19.9. The number of aromatic hydroxyl groups is 3. The molecule has 0 aromatic heterocycles. The minimum absolute atomic E-state index is 0.0419. The third kappa shape index (κ3) is 2.99. The fraction of sp³-hybridized carbons (Fsp3) is 0.407. The van der Waals surface area contributed by atoms with Crippen LogP contribution in [0.5, 0.6) is 17.2 Å². The third-order valence-corrected chi connectivity index (χ3v) is 8.29. The smallest absolute Gasteiger partial charge is 0.178 e. The number of fused-ring (bicyclic) bond motifs is 1. The lowest BCUT2D eigenvalue weighted by Crippen LogP contribution is -2.48. The predicted molar refractivity (Wildman–Crippen MR) is 121 cm³/mol. The topological polar surface area (TPSA) is 101 Å². The molecule has 4 saturated carbocycles. The van der Waals surface area contributed by atoms with Crippen LogP contribution in [-0.2, 0) is 5.41 Å². The van der Waals surface area contributed by atoms with E-state index in [0.717, 1.165) is 53.7 Å². The molecular formula is C27H28O5. The van der Waals surface area contributed by atoms with Crippen molar-refractivity contribution in [2.75, 3.05) is 0 Å². The van der Waals surface area contributed by atoms with E-state index in [0.29, 0.717) is 16.5 Å². The van der Waals surface area contributed by atoms with Crippen molar-refractivity contribution in [1.29, 1.82) is 0 Å². The summed E-state index contributed by atoms with van der Waals surface area (Å²) in [6, 6.07) is 11.9. The molecule has 0 spiro atoms. The second-order valence-electron chi connectivity index (χ2n) is 10.4.